The number of methoxy groups -OCH3 is 1. The molecular formula is C17H17N3O2S. The van der Waals surface area contributed by atoms with Gasteiger partial charge in [0, 0.05) is 23.8 Å². The average molecular weight is 327 g/mol. The maximum absolute atomic E-state index is 12.3. The van der Waals surface area contributed by atoms with E-state index in [2.05, 4.69) is 10.3 Å². The summed E-state index contributed by atoms with van der Waals surface area (Å²) in [5.74, 6) is -0.186. The second kappa shape index (κ2) is 6.36. The molecule has 0 atom stereocenters. The Morgan fingerprint density at radius 2 is 2.09 bits per heavy atom. The molecule has 0 radical (unpaired) electrons. The number of nitrogens with zero attached hydrogens (tertiary/aromatic N) is 1. The number of fused-ring (bicyclic) bond motifs is 1. The van der Waals surface area contributed by atoms with Gasteiger partial charge in [0.15, 0.2) is 0 Å². The molecule has 0 unspecified atom stereocenters. The number of carbonyl (C=O) groups excluding carboxylic acids is 1. The summed E-state index contributed by atoms with van der Waals surface area (Å²) < 4.78 is 5.24. The first-order valence-corrected chi connectivity index (χ1v) is 7.95. The summed E-state index contributed by atoms with van der Waals surface area (Å²) in [5.41, 5.74) is 9.24. The molecule has 1 amide bonds. The van der Waals surface area contributed by atoms with Gasteiger partial charge in [-0.25, -0.2) is 4.98 Å². The van der Waals surface area contributed by atoms with Gasteiger partial charge in [0.25, 0.3) is 5.91 Å². The molecule has 3 aromatic rings. The van der Waals surface area contributed by atoms with Crippen molar-refractivity contribution in [3.8, 4) is 0 Å². The van der Waals surface area contributed by atoms with Crippen molar-refractivity contribution in [1.29, 1.82) is 0 Å². The third-order valence-electron chi connectivity index (χ3n) is 3.47. The van der Waals surface area contributed by atoms with Crippen molar-refractivity contribution in [3.63, 3.8) is 0 Å². The molecule has 2 aromatic heterocycles. The van der Waals surface area contributed by atoms with Crippen LogP contribution in [0.15, 0.2) is 36.4 Å². The number of nitrogens with two attached hydrogens (primary N) is 1. The molecule has 0 saturated heterocycles. The van der Waals surface area contributed by atoms with E-state index in [9.17, 15) is 4.79 Å². The number of aryl methyl sites for hydroxylation is 1. The van der Waals surface area contributed by atoms with Gasteiger partial charge >= 0.3 is 0 Å². The Kier molecular flexibility index (Phi) is 4.27. The molecule has 5 nitrogen and oxygen atoms in total. The zero-order valence-corrected chi connectivity index (χ0v) is 13.7. The molecule has 1 aromatic carbocycles. The first-order valence-electron chi connectivity index (χ1n) is 7.14. The van der Waals surface area contributed by atoms with Crippen LogP contribution in [-0.2, 0) is 11.3 Å². The number of nitrogen functional groups attached to an aromatic ring is 1. The molecule has 6 heteroatoms. The second-order valence-corrected chi connectivity index (χ2v) is 6.20. The first kappa shape index (κ1) is 15.5. The summed E-state index contributed by atoms with van der Waals surface area (Å²) in [6, 6.07) is 11.0. The number of amides is 1. The van der Waals surface area contributed by atoms with Crippen LogP contribution in [0.25, 0.3) is 10.2 Å². The lowest BCUT2D eigenvalue weighted by atomic mass is 10.1. The van der Waals surface area contributed by atoms with Crippen LogP contribution in [0, 0.1) is 6.92 Å². The lowest BCUT2D eigenvalue weighted by Crippen LogP contribution is -2.11. The van der Waals surface area contributed by atoms with Crippen LogP contribution in [0.2, 0.25) is 0 Å². The number of nitrogens with one attached hydrogen (secondary N) is 1. The van der Waals surface area contributed by atoms with Crippen LogP contribution in [0.1, 0.15) is 21.6 Å². The van der Waals surface area contributed by atoms with Crippen molar-refractivity contribution in [2.75, 3.05) is 18.2 Å². The fourth-order valence-corrected chi connectivity index (χ4v) is 3.55. The van der Waals surface area contributed by atoms with E-state index < -0.39 is 0 Å². The third kappa shape index (κ3) is 3.04. The molecule has 0 aliphatic carbocycles. The molecule has 0 saturated carbocycles. The van der Waals surface area contributed by atoms with Gasteiger partial charge in [-0.1, -0.05) is 29.5 Å². The smallest absolute Gasteiger partial charge is 0.256 e. The average Bonchev–Trinajstić information content (AvgIpc) is 2.84. The van der Waals surface area contributed by atoms with Crippen molar-refractivity contribution < 1.29 is 9.53 Å². The van der Waals surface area contributed by atoms with Crippen molar-refractivity contribution in [2.24, 2.45) is 0 Å². The summed E-state index contributed by atoms with van der Waals surface area (Å²) in [4.78, 5) is 17.6. The van der Waals surface area contributed by atoms with Crippen LogP contribution in [0.4, 0.5) is 10.7 Å². The molecular weight excluding hydrogens is 310 g/mol. The number of aromatic nitrogens is 1. The highest BCUT2D eigenvalue weighted by Gasteiger charge is 2.17. The summed E-state index contributed by atoms with van der Waals surface area (Å²) in [7, 11) is 1.64. The molecule has 0 fully saturated rings. The Labute approximate surface area is 138 Å². The van der Waals surface area contributed by atoms with Gasteiger partial charge in [0.1, 0.15) is 9.83 Å². The van der Waals surface area contributed by atoms with E-state index in [1.165, 1.54) is 11.3 Å². The SMILES string of the molecule is COCc1cc(C)nc2sc(NC(=O)c3ccccc3)c(N)c12. The van der Waals surface area contributed by atoms with E-state index >= 15 is 0 Å². The van der Waals surface area contributed by atoms with Crippen LogP contribution in [-0.4, -0.2) is 18.0 Å². The van der Waals surface area contributed by atoms with Gasteiger partial charge in [-0.3, -0.25) is 4.79 Å². The number of rotatable bonds is 4. The summed E-state index contributed by atoms with van der Waals surface area (Å²) in [6.45, 7) is 2.38. The predicted molar refractivity (Wildman–Crippen MR) is 93.9 cm³/mol. The highest BCUT2D eigenvalue weighted by molar-refractivity contribution is 7.23. The lowest BCUT2D eigenvalue weighted by Gasteiger charge is -2.05. The Hall–Kier alpha value is -2.44. The van der Waals surface area contributed by atoms with Crippen LogP contribution in [0.5, 0.6) is 0 Å². The Morgan fingerprint density at radius 3 is 2.78 bits per heavy atom. The standard InChI is InChI=1S/C17H17N3O2S/c1-10-8-12(9-22-2)13-14(18)17(23-16(13)19-10)20-15(21)11-6-4-3-5-7-11/h3-8H,9,18H2,1-2H3,(H,20,21). The third-order valence-corrected chi connectivity index (χ3v) is 4.49. The summed E-state index contributed by atoms with van der Waals surface area (Å²) in [6.07, 6.45) is 0. The quantitative estimate of drug-likeness (QED) is 0.768. The molecule has 0 aliphatic heterocycles. The minimum Gasteiger partial charge on any atom is -0.396 e. The van der Waals surface area contributed by atoms with E-state index in [1.807, 2.05) is 31.2 Å². The normalized spacial score (nSPS) is 10.9. The number of pyridine rings is 1. The van der Waals surface area contributed by atoms with Gasteiger partial charge in [-0.15, -0.1) is 0 Å². The van der Waals surface area contributed by atoms with E-state index in [-0.39, 0.29) is 5.91 Å². The highest BCUT2D eigenvalue weighted by atomic mass is 32.1. The largest absolute Gasteiger partial charge is 0.396 e. The molecule has 0 aliphatic rings. The van der Waals surface area contributed by atoms with E-state index in [4.69, 9.17) is 10.5 Å². The number of hydrogen-bond acceptors (Lipinski definition) is 5. The minimum atomic E-state index is -0.186. The zero-order chi connectivity index (χ0) is 16.4. The fourth-order valence-electron chi connectivity index (χ4n) is 2.46. The van der Waals surface area contributed by atoms with Crippen molar-refractivity contribution >= 4 is 38.1 Å². The zero-order valence-electron chi connectivity index (χ0n) is 12.9. The molecule has 3 N–H and O–H groups in total. The summed E-state index contributed by atoms with van der Waals surface area (Å²) >= 11 is 1.38. The topological polar surface area (TPSA) is 77.2 Å². The second-order valence-electron chi connectivity index (χ2n) is 5.20. The van der Waals surface area contributed by atoms with Gasteiger partial charge < -0.3 is 15.8 Å². The maximum Gasteiger partial charge on any atom is 0.256 e. The predicted octanol–water partition coefficient (Wildman–Crippen LogP) is 3.59. The van der Waals surface area contributed by atoms with Crippen LogP contribution >= 0.6 is 11.3 Å². The van der Waals surface area contributed by atoms with Crippen molar-refractivity contribution in [2.45, 2.75) is 13.5 Å². The molecule has 118 valence electrons. The number of benzene rings is 1. The molecule has 0 spiro atoms. The number of carbonyl (C=O) groups is 1. The first-order chi connectivity index (χ1) is 11.1. The maximum atomic E-state index is 12.3. The van der Waals surface area contributed by atoms with E-state index in [1.54, 1.807) is 19.2 Å². The van der Waals surface area contributed by atoms with Gasteiger partial charge in [0.05, 0.1) is 12.3 Å². The molecule has 3 rings (SSSR count). The van der Waals surface area contributed by atoms with Gasteiger partial charge in [-0.2, -0.15) is 0 Å². The van der Waals surface area contributed by atoms with E-state index in [0.29, 0.717) is 22.9 Å². The monoisotopic (exact) mass is 327 g/mol. The molecule has 23 heavy (non-hydrogen) atoms. The number of hydrogen-bond donors (Lipinski definition) is 2. The molecule has 2 heterocycles. The number of thiophene rings is 1. The Morgan fingerprint density at radius 1 is 1.35 bits per heavy atom. The number of anilines is 2. The fraction of sp³-hybridized carbons (Fsp3) is 0.176. The van der Waals surface area contributed by atoms with Gasteiger partial charge in [0.2, 0.25) is 0 Å². The van der Waals surface area contributed by atoms with Crippen molar-refractivity contribution in [3.05, 3.63) is 53.2 Å². The Bertz CT molecular complexity index is 859. The van der Waals surface area contributed by atoms with E-state index in [0.717, 1.165) is 21.5 Å². The summed E-state index contributed by atoms with van der Waals surface area (Å²) in [5, 5.41) is 4.35. The Balaban J connectivity index is 2.01. The highest BCUT2D eigenvalue weighted by Crippen LogP contribution is 2.39. The van der Waals surface area contributed by atoms with Gasteiger partial charge in [-0.05, 0) is 30.7 Å². The lowest BCUT2D eigenvalue weighted by molar-refractivity contribution is 0.102. The van der Waals surface area contributed by atoms with Crippen LogP contribution < -0.4 is 11.1 Å². The molecule has 0 bridgehead atoms. The minimum absolute atomic E-state index is 0.186. The van der Waals surface area contributed by atoms with Crippen LogP contribution in [0.3, 0.4) is 0 Å². The number of ether oxygens (including phenoxy) is 1. The van der Waals surface area contributed by atoms with Crippen molar-refractivity contribution in [1.82, 2.24) is 4.98 Å².